The average Bonchev–Trinajstić information content (AvgIpc) is 3.34. The van der Waals surface area contributed by atoms with E-state index in [9.17, 15) is 18.5 Å². The molecule has 1 amide bonds. The van der Waals surface area contributed by atoms with Gasteiger partial charge in [-0.2, -0.15) is 14.6 Å². The molecular weight excluding hydrogens is 516 g/mol. The Labute approximate surface area is 219 Å². The van der Waals surface area contributed by atoms with Gasteiger partial charge < -0.3 is 14.2 Å². The number of benzene rings is 2. The Morgan fingerprint density at radius 1 is 1.11 bits per heavy atom. The third-order valence-electron chi connectivity index (χ3n) is 4.74. The normalized spacial score (nSPS) is 11.5. The fourth-order valence-electron chi connectivity index (χ4n) is 2.96. The molecule has 1 aromatic heterocycles. The van der Waals surface area contributed by atoms with Crippen molar-refractivity contribution in [2.24, 2.45) is 0 Å². The number of hydrogen-bond acceptors (Lipinski definition) is 10. The largest absolute Gasteiger partial charge is 0.493 e. The summed E-state index contributed by atoms with van der Waals surface area (Å²) in [5, 5.41) is 11.5. The Kier molecular flexibility index (Phi) is 9.59. The van der Waals surface area contributed by atoms with Crippen molar-refractivity contribution < 1.29 is 27.4 Å². The highest BCUT2D eigenvalue weighted by molar-refractivity contribution is 7.90. The average molecular weight is 543 g/mol. The second-order valence-corrected chi connectivity index (χ2v) is 10.4. The van der Waals surface area contributed by atoms with Crippen LogP contribution in [0.2, 0.25) is 0 Å². The van der Waals surface area contributed by atoms with E-state index < -0.39 is 20.9 Å². The van der Waals surface area contributed by atoms with Crippen molar-refractivity contribution in [2.75, 3.05) is 31.4 Å². The highest BCUT2D eigenvalue weighted by Crippen LogP contribution is 2.30. The van der Waals surface area contributed by atoms with Crippen LogP contribution in [0.4, 0.5) is 5.13 Å². The van der Waals surface area contributed by atoms with E-state index in [0.29, 0.717) is 54.8 Å². The Hall–Kier alpha value is -3.95. The summed E-state index contributed by atoms with van der Waals surface area (Å²) in [6, 6.07) is 14.7. The van der Waals surface area contributed by atoms with Crippen molar-refractivity contribution in [3.05, 3.63) is 59.2 Å². The summed E-state index contributed by atoms with van der Waals surface area (Å²) in [4.78, 5) is 16.3. The van der Waals surface area contributed by atoms with E-state index >= 15 is 0 Å². The van der Waals surface area contributed by atoms with Crippen molar-refractivity contribution in [1.82, 2.24) is 9.36 Å². The van der Waals surface area contributed by atoms with Crippen LogP contribution < -0.4 is 19.5 Å². The number of amides is 1. The van der Waals surface area contributed by atoms with Crippen LogP contribution in [0.15, 0.2) is 53.2 Å². The van der Waals surface area contributed by atoms with E-state index in [-0.39, 0.29) is 10.7 Å². The molecule has 1 N–H and O–H groups in total. The van der Waals surface area contributed by atoms with Crippen LogP contribution in [-0.4, -0.2) is 49.8 Å². The lowest BCUT2D eigenvalue weighted by Gasteiger charge is -2.13. The first-order valence-electron chi connectivity index (χ1n) is 11.3. The van der Waals surface area contributed by atoms with Crippen molar-refractivity contribution >= 4 is 38.5 Å². The number of nitriles is 1. The minimum Gasteiger partial charge on any atom is -0.493 e. The number of aryl methyl sites for hydroxylation is 1. The number of carbonyl (C=O) groups is 1. The van der Waals surface area contributed by atoms with Crippen molar-refractivity contribution in [3.63, 3.8) is 0 Å². The van der Waals surface area contributed by atoms with E-state index in [1.54, 1.807) is 18.2 Å². The van der Waals surface area contributed by atoms with E-state index in [0.717, 1.165) is 12.0 Å². The van der Waals surface area contributed by atoms with Crippen molar-refractivity contribution in [3.8, 4) is 23.3 Å². The van der Waals surface area contributed by atoms with Gasteiger partial charge in [0.25, 0.3) is 11.1 Å². The molecule has 3 rings (SSSR count). The van der Waals surface area contributed by atoms with Gasteiger partial charge in [-0.3, -0.25) is 10.1 Å². The highest BCUT2D eigenvalue weighted by atomic mass is 32.2. The number of hydrogen-bond donors (Lipinski definition) is 1. The minimum atomic E-state index is -3.61. The van der Waals surface area contributed by atoms with Crippen LogP contribution in [-0.2, 0) is 14.6 Å². The number of aromatic nitrogens is 2. The third-order valence-corrected chi connectivity index (χ3v) is 6.33. The molecule has 37 heavy (non-hydrogen) atoms. The number of sulfone groups is 1. The summed E-state index contributed by atoms with van der Waals surface area (Å²) in [5.74, 6) is 1.05. The molecule has 0 bridgehead atoms. The van der Waals surface area contributed by atoms with Gasteiger partial charge in [0.15, 0.2) is 11.5 Å². The minimum absolute atomic E-state index is 0.0308. The van der Waals surface area contributed by atoms with Gasteiger partial charge >= 0.3 is 0 Å². The zero-order valence-electron chi connectivity index (χ0n) is 20.6. The molecule has 0 radical (unpaired) electrons. The SMILES string of the molecule is CCOc1cc(/C=C(/C#N)C(=O)Nc2nc(S(C)(=O)=O)ns2)ccc1OCCCOc1ccc(C)cc1. The molecule has 0 saturated heterocycles. The Balaban J connectivity index is 1.62. The van der Waals surface area contributed by atoms with Gasteiger partial charge in [-0.05, 0) is 49.8 Å². The van der Waals surface area contributed by atoms with Crippen LogP contribution in [0, 0.1) is 18.3 Å². The highest BCUT2D eigenvalue weighted by Gasteiger charge is 2.18. The maximum absolute atomic E-state index is 12.5. The predicted octanol–water partition coefficient (Wildman–Crippen LogP) is 4.04. The van der Waals surface area contributed by atoms with Crippen LogP contribution in [0.5, 0.6) is 17.2 Å². The molecule has 194 valence electrons. The van der Waals surface area contributed by atoms with E-state index in [4.69, 9.17) is 14.2 Å². The number of nitrogens with one attached hydrogen (secondary N) is 1. The van der Waals surface area contributed by atoms with Gasteiger partial charge in [0.05, 0.1) is 19.8 Å². The molecule has 3 aromatic rings. The van der Waals surface area contributed by atoms with Gasteiger partial charge in [-0.1, -0.05) is 23.8 Å². The third kappa shape index (κ3) is 8.30. The number of carbonyl (C=O) groups excluding carboxylic acids is 1. The maximum atomic E-state index is 12.5. The van der Waals surface area contributed by atoms with Gasteiger partial charge in [0, 0.05) is 24.2 Å². The van der Waals surface area contributed by atoms with Gasteiger partial charge in [-0.15, -0.1) is 0 Å². The first kappa shape index (κ1) is 27.6. The first-order valence-corrected chi connectivity index (χ1v) is 13.9. The molecule has 2 aromatic carbocycles. The summed E-state index contributed by atoms with van der Waals surface area (Å²) in [5.41, 5.74) is 1.50. The predicted molar refractivity (Wildman–Crippen MR) is 140 cm³/mol. The van der Waals surface area contributed by atoms with Crippen LogP contribution >= 0.6 is 11.5 Å². The molecule has 0 unspecified atom stereocenters. The summed E-state index contributed by atoms with van der Waals surface area (Å²) in [6.45, 7) is 5.15. The molecule has 0 spiro atoms. The zero-order valence-corrected chi connectivity index (χ0v) is 22.2. The fourth-order valence-corrected chi connectivity index (χ4v) is 4.40. The van der Waals surface area contributed by atoms with Crippen molar-refractivity contribution in [1.29, 1.82) is 5.26 Å². The number of nitrogens with zero attached hydrogens (tertiary/aromatic N) is 3. The summed E-state index contributed by atoms with van der Waals surface area (Å²) >= 11 is 0.706. The van der Waals surface area contributed by atoms with Crippen molar-refractivity contribution in [2.45, 2.75) is 25.4 Å². The number of ether oxygens (including phenoxy) is 3. The maximum Gasteiger partial charge on any atom is 0.268 e. The molecule has 0 fully saturated rings. The van der Waals surface area contributed by atoms with E-state index in [1.807, 2.05) is 44.2 Å². The topological polar surface area (TPSA) is 140 Å². The Morgan fingerprint density at radius 2 is 1.84 bits per heavy atom. The molecule has 0 aliphatic carbocycles. The Bertz CT molecular complexity index is 1410. The quantitative estimate of drug-likeness (QED) is 0.204. The van der Waals surface area contributed by atoms with Crippen LogP contribution in [0.25, 0.3) is 6.08 Å². The summed E-state index contributed by atoms with van der Waals surface area (Å²) in [6.07, 6.45) is 3.01. The fraction of sp³-hybridized carbons (Fsp3) is 0.280. The molecule has 0 aliphatic rings. The Morgan fingerprint density at radius 3 is 2.49 bits per heavy atom. The zero-order chi connectivity index (χ0) is 26.8. The van der Waals surface area contributed by atoms with Crippen LogP contribution in [0.1, 0.15) is 24.5 Å². The van der Waals surface area contributed by atoms with E-state index in [1.165, 1.54) is 11.6 Å². The number of anilines is 1. The molecular formula is C25H26N4O6S2. The standard InChI is InChI=1S/C25H26N4O6S2/c1-4-33-22-15-18(8-11-21(22)35-13-5-12-34-20-9-6-17(2)7-10-20)14-19(16-26)23(30)27-24-28-25(29-36-24)37(3,31)32/h6-11,14-15H,4-5,12-13H2,1-3H3,(H,27,28,29,30)/b19-14-. The molecule has 12 heteroatoms. The molecule has 10 nitrogen and oxygen atoms in total. The monoisotopic (exact) mass is 542 g/mol. The second kappa shape index (κ2) is 12.8. The summed E-state index contributed by atoms with van der Waals surface area (Å²) < 4.78 is 44.0. The molecule has 0 saturated carbocycles. The second-order valence-electron chi connectivity index (χ2n) is 7.78. The molecule has 0 atom stereocenters. The first-order chi connectivity index (χ1) is 17.7. The van der Waals surface area contributed by atoms with Gasteiger partial charge in [0.1, 0.15) is 17.4 Å². The molecule has 0 aliphatic heterocycles. The smallest absolute Gasteiger partial charge is 0.268 e. The lowest BCUT2D eigenvalue weighted by Crippen LogP contribution is -2.13. The van der Waals surface area contributed by atoms with Gasteiger partial charge in [-0.25, -0.2) is 8.42 Å². The lowest BCUT2D eigenvalue weighted by molar-refractivity contribution is -0.112. The summed E-state index contributed by atoms with van der Waals surface area (Å²) in [7, 11) is -3.61. The lowest BCUT2D eigenvalue weighted by atomic mass is 10.1. The van der Waals surface area contributed by atoms with Crippen LogP contribution in [0.3, 0.4) is 0 Å². The number of rotatable bonds is 12. The van der Waals surface area contributed by atoms with Gasteiger partial charge in [0.2, 0.25) is 15.0 Å². The molecule has 1 heterocycles. The van der Waals surface area contributed by atoms with E-state index in [2.05, 4.69) is 14.7 Å².